The SMILES string of the molecule is NC(Cc1ccccc1)C(=O)NC1CCN(c2ccccc2)CC1. The molecule has 1 heterocycles. The predicted octanol–water partition coefficient (Wildman–Crippen LogP) is 2.34. The number of nitrogens with one attached hydrogen (secondary N) is 1. The number of anilines is 1. The van der Waals surface area contributed by atoms with E-state index >= 15 is 0 Å². The van der Waals surface area contributed by atoms with Gasteiger partial charge in [0.2, 0.25) is 5.91 Å². The molecule has 0 saturated carbocycles. The van der Waals surface area contributed by atoms with Crippen molar-refractivity contribution < 1.29 is 4.79 Å². The van der Waals surface area contributed by atoms with Crippen LogP contribution in [-0.4, -0.2) is 31.1 Å². The minimum Gasteiger partial charge on any atom is -0.371 e. The second-order valence-corrected chi connectivity index (χ2v) is 6.40. The van der Waals surface area contributed by atoms with Crippen LogP contribution in [0.3, 0.4) is 0 Å². The molecule has 1 atom stereocenters. The molecule has 0 radical (unpaired) electrons. The molecule has 1 fully saturated rings. The van der Waals surface area contributed by atoms with E-state index < -0.39 is 6.04 Å². The summed E-state index contributed by atoms with van der Waals surface area (Å²) in [4.78, 5) is 14.7. The highest BCUT2D eigenvalue weighted by Crippen LogP contribution is 2.19. The molecule has 4 heteroatoms. The molecule has 2 aromatic rings. The van der Waals surface area contributed by atoms with Gasteiger partial charge in [0.25, 0.3) is 0 Å². The maximum Gasteiger partial charge on any atom is 0.237 e. The van der Waals surface area contributed by atoms with Crippen LogP contribution in [0, 0.1) is 0 Å². The fraction of sp³-hybridized carbons (Fsp3) is 0.350. The number of rotatable bonds is 5. The van der Waals surface area contributed by atoms with E-state index in [2.05, 4.69) is 34.5 Å². The first-order chi connectivity index (χ1) is 11.7. The normalized spacial score (nSPS) is 16.6. The summed E-state index contributed by atoms with van der Waals surface area (Å²) >= 11 is 0. The number of amides is 1. The molecule has 24 heavy (non-hydrogen) atoms. The van der Waals surface area contributed by atoms with Crippen molar-refractivity contribution in [1.82, 2.24) is 5.32 Å². The van der Waals surface area contributed by atoms with Crippen LogP contribution in [0.4, 0.5) is 5.69 Å². The summed E-state index contributed by atoms with van der Waals surface area (Å²) < 4.78 is 0. The Morgan fingerprint density at radius 3 is 2.25 bits per heavy atom. The van der Waals surface area contributed by atoms with Crippen molar-refractivity contribution in [2.24, 2.45) is 5.73 Å². The van der Waals surface area contributed by atoms with Crippen molar-refractivity contribution in [3.8, 4) is 0 Å². The van der Waals surface area contributed by atoms with Crippen molar-refractivity contribution in [3.05, 3.63) is 66.2 Å². The van der Waals surface area contributed by atoms with E-state index in [9.17, 15) is 4.79 Å². The summed E-state index contributed by atoms with van der Waals surface area (Å²) in [5, 5.41) is 3.12. The van der Waals surface area contributed by atoms with Gasteiger partial charge in [0.05, 0.1) is 6.04 Å². The standard InChI is InChI=1S/C20H25N3O/c21-19(15-16-7-3-1-4-8-16)20(24)22-17-11-13-23(14-12-17)18-9-5-2-6-10-18/h1-10,17,19H,11-15,21H2,(H,22,24). The molecule has 0 aromatic heterocycles. The van der Waals surface area contributed by atoms with Gasteiger partial charge in [0.1, 0.15) is 0 Å². The Kier molecular flexibility index (Phi) is 5.49. The second kappa shape index (κ2) is 7.97. The quantitative estimate of drug-likeness (QED) is 0.888. The summed E-state index contributed by atoms with van der Waals surface area (Å²) in [6.07, 6.45) is 2.49. The monoisotopic (exact) mass is 323 g/mol. The highest BCUT2D eigenvalue weighted by atomic mass is 16.2. The molecule has 1 saturated heterocycles. The fourth-order valence-corrected chi connectivity index (χ4v) is 3.19. The molecule has 0 aliphatic carbocycles. The predicted molar refractivity (Wildman–Crippen MR) is 97.9 cm³/mol. The van der Waals surface area contributed by atoms with E-state index in [1.807, 2.05) is 36.4 Å². The van der Waals surface area contributed by atoms with E-state index in [4.69, 9.17) is 5.73 Å². The molecule has 4 nitrogen and oxygen atoms in total. The third-order valence-electron chi connectivity index (χ3n) is 4.60. The fourth-order valence-electron chi connectivity index (χ4n) is 3.19. The van der Waals surface area contributed by atoms with Crippen LogP contribution in [0.2, 0.25) is 0 Å². The summed E-state index contributed by atoms with van der Waals surface area (Å²) in [6.45, 7) is 1.92. The number of benzene rings is 2. The van der Waals surface area contributed by atoms with E-state index in [0.29, 0.717) is 6.42 Å². The lowest BCUT2D eigenvalue weighted by molar-refractivity contribution is -0.123. The highest BCUT2D eigenvalue weighted by Gasteiger charge is 2.23. The molecule has 3 rings (SSSR count). The zero-order valence-corrected chi connectivity index (χ0v) is 13.9. The van der Waals surface area contributed by atoms with Crippen LogP contribution in [0.15, 0.2) is 60.7 Å². The highest BCUT2D eigenvalue weighted by molar-refractivity contribution is 5.82. The molecule has 1 aliphatic rings. The number of carbonyl (C=O) groups is 1. The van der Waals surface area contributed by atoms with Gasteiger partial charge in [-0.3, -0.25) is 4.79 Å². The van der Waals surface area contributed by atoms with Crippen molar-refractivity contribution in [1.29, 1.82) is 0 Å². The van der Waals surface area contributed by atoms with Gasteiger partial charge in [-0.25, -0.2) is 0 Å². The van der Waals surface area contributed by atoms with Crippen molar-refractivity contribution in [3.63, 3.8) is 0 Å². The van der Waals surface area contributed by atoms with Gasteiger partial charge in [0, 0.05) is 24.8 Å². The lowest BCUT2D eigenvalue weighted by Gasteiger charge is -2.34. The number of nitrogens with two attached hydrogens (primary N) is 1. The lowest BCUT2D eigenvalue weighted by atomic mass is 10.0. The zero-order valence-electron chi connectivity index (χ0n) is 13.9. The van der Waals surface area contributed by atoms with Gasteiger partial charge in [-0.2, -0.15) is 0 Å². The van der Waals surface area contributed by atoms with Crippen LogP contribution in [0.5, 0.6) is 0 Å². The summed E-state index contributed by atoms with van der Waals surface area (Å²) in [5.41, 5.74) is 8.41. The Morgan fingerprint density at radius 2 is 1.62 bits per heavy atom. The Bertz CT molecular complexity index is 636. The van der Waals surface area contributed by atoms with Gasteiger partial charge in [-0.15, -0.1) is 0 Å². The Hall–Kier alpha value is -2.33. The summed E-state index contributed by atoms with van der Waals surface area (Å²) in [5.74, 6) is -0.0444. The Labute approximate surface area is 143 Å². The molecular formula is C20H25N3O. The average Bonchev–Trinajstić information content (AvgIpc) is 2.64. The van der Waals surface area contributed by atoms with Crippen LogP contribution >= 0.6 is 0 Å². The number of piperidine rings is 1. The molecular weight excluding hydrogens is 298 g/mol. The Morgan fingerprint density at radius 1 is 1.04 bits per heavy atom. The smallest absolute Gasteiger partial charge is 0.237 e. The van der Waals surface area contributed by atoms with Crippen molar-refractivity contribution in [2.45, 2.75) is 31.3 Å². The molecule has 2 aromatic carbocycles. The first-order valence-corrected chi connectivity index (χ1v) is 8.62. The second-order valence-electron chi connectivity index (χ2n) is 6.40. The van der Waals surface area contributed by atoms with Crippen molar-refractivity contribution >= 4 is 11.6 Å². The minimum absolute atomic E-state index is 0.0444. The zero-order chi connectivity index (χ0) is 16.8. The largest absolute Gasteiger partial charge is 0.371 e. The summed E-state index contributed by atoms with van der Waals surface area (Å²) in [7, 11) is 0. The van der Waals surface area contributed by atoms with Gasteiger partial charge >= 0.3 is 0 Å². The summed E-state index contributed by atoms with van der Waals surface area (Å²) in [6, 6.07) is 20.1. The minimum atomic E-state index is -0.487. The molecule has 3 N–H and O–H groups in total. The molecule has 1 amide bonds. The topological polar surface area (TPSA) is 58.4 Å². The van der Waals surface area contributed by atoms with Gasteiger partial charge < -0.3 is 16.0 Å². The van der Waals surface area contributed by atoms with E-state index in [0.717, 1.165) is 31.5 Å². The maximum absolute atomic E-state index is 12.3. The van der Waals surface area contributed by atoms with E-state index in [1.54, 1.807) is 0 Å². The lowest BCUT2D eigenvalue weighted by Crippen LogP contribution is -2.50. The van der Waals surface area contributed by atoms with Crippen LogP contribution in [-0.2, 0) is 11.2 Å². The first kappa shape index (κ1) is 16.5. The van der Waals surface area contributed by atoms with Crippen LogP contribution < -0.4 is 16.0 Å². The van der Waals surface area contributed by atoms with Crippen LogP contribution in [0.1, 0.15) is 18.4 Å². The molecule has 0 spiro atoms. The molecule has 1 unspecified atom stereocenters. The van der Waals surface area contributed by atoms with E-state index in [-0.39, 0.29) is 11.9 Å². The van der Waals surface area contributed by atoms with Crippen LogP contribution in [0.25, 0.3) is 0 Å². The molecule has 1 aliphatic heterocycles. The Balaban J connectivity index is 1.46. The van der Waals surface area contributed by atoms with E-state index in [1.165, 1.54) is 5.69 Å². The average molecular weight is 323 g/mol. The van der Waals surface area contributed by atoms with Gasteiger partial charge in [-0.05, 0) is 37.0 Å². The van der Waals surface area contributed by atoms with Gasteiger partial charge in [-0.1, -0.05) is 48.5 Å². The number of hydrogen-bond donors (Lipinski definition) is 2. The van der Waals surface area contributed by atoms with Gasteiger partial charge in [0.15, 0.2) is 0 Å². The first-order valence-electron chi connectivity index (χ1n) is 8.62. The third kappa shape index (κ3) is 4.36. The maximum atomic E-state index is 12.3. The van der Waals surface area contributed by atoms with Crippen molar-refractivity contribution in [2.75, 3.05) is 18.0 Å². The number of nitrogens with zero attached hydrogens (tertiary/aromatic N) is 1. The third-order valence-corrected chi connectivity index (χ3v) is 4.60. The molecule has 0 bridgehead atoms. The number of carbonyl (C=O) groups excluding carboxylic acids is 1. The number of hydrogen-bond acceptors (Lipinski definition) is 3. The molecule has 126 valence electrons. The number of para-hydroxylation sites is 1.